The van der Waals surface area contributed by atoms with Crippen molar-refractivity contribution in [3.8, 4) is 0 Å². The second kappa shape index (κ2) is 7.62. The molecule has 1 aliphatic carbocycles. The SMILES string of the molecule is C=Cc1ccc(C(=O)O)cc1.O=C1c2ccccc2C(=O)c2ccccc21. The number of carbonyl (C=O) groups excluding carboxylic acids is 2. The first-order valence-corrected chi connectivity index (χ1v) is 8.26. The summed E-state index contributed by atoms with van der Waals surface area (Å²) in [5.74, 6) is -1.03. The largest absolute Gasteiger partial charge is 0.478 e. The molecule has 27 heavy (non-hydrogen) atoms. The van der Waals surface area contributed by atoms with Gasteiger partial charge in [-0.3, -0.25) is 9.59 Å². The first kappa shape index (κ1) is 18.0. The van der Waals surface area contributed by atoms with Gasteiger partial charge in [0.1, 0.15) is 0 Å². The molecule has 0 fully saturated rings. The number of hydrogen-bond acceptors (Lipinski definition) is 3. The van der Waals surface area contributed by atoms with Crippen molar-refractivity contribution in [1.82, 2.24) is 0 Å². The lowest BCUT2D eigenvalue weighted by Gasteiger charge is -2.16. The summed E-state index contributed by atoms with van der Waals surface area (Å²) in [7, 11) is 0. The van der Waals surface area contributed by atoms with E-state index in [1.54, 1.807) is 78.9 Å². The topological polar surface area (TPSA) is 71.4 Å². The highest BCUT2D eigenvalue weighted by Crippen LogP contribution is 2.26. The fourth-order valence-electron chi connectivity index (χ4n) is 2.81. The Morgan fingerprint density at radius 3 is 1.37 bits per heavy atom. The number of rotatable bonds is 2. The minimum atomic E-state index is -0.902. The monoisotopic (exact) mass is 356 g/mol. The van der Waals surface area contributed by atoms with Gasteiger partial charge in [-0.2, -0.15) is 0 Å². The van der Waals surface area contributed by atoms with E-state index in [9.17, 15) is 14.4 Å². The van der Waals surface area contributed by atoms with E-state index in [0.29, 0.717) is 27.8 Å². The van der Waals surface area contributed by atoms with Crippen LogP contribution < -0.4 is 0 Å². The molecule has 3 aromatic rings. The van der Waals surface area contributed by atoms with Gasteiger partial charge in [0, 0.05) is 22.3 Å². The van der Waals surface area contributed by atoms with E-state index in [2.05, 4.69) is 6.58 Å². The zero-order valence-electron chi connectivity index (χ0n) is 14.4. The molecule has 1 N–H and O–H groups in total. The van der Waals surface area contributed by atoms with Crippen LogP contribution in [-0.2, 0) is 0 Å². The minimum Gasteiger partial charge on any atom is -0.478 e. The van der Waals surface area contributed by atoms with E-state index in [1.165, 1.54) is 0 Å². The van der Waals surface area contributed by atoms with E-state index in [1.807, 2.05) is 0 Å². The third kappa shape index (κ3) is 3.60. The lowest BCUT2D eigenvalue weighted by Crippen LogP contribution is -2.20. The highest BCUT2D eigenvalue weighted by Gasteiger charge is 2.28. The van der Waals surface area contributed by atoms with Crippen LogP contribution in [0.1, 0.15) is 47.8 Å². The molecule has 0 amide bonds. The number of fused-ring (bicyclic) bond motifs is 2. The molecule has 0 aliphatic heterocycles. The first-order chi connectivity index (χ1) is 13.0. The molecule has 0 radical (unpaired) electrons. The second-order valence-electron chi connectivity index (χ2n) is 5.88. The van der Waals surface area contributed by atoms with Gasteiger partial charge in [-0.1, -0.05) is 73.3 Å². The van der Waals surface area contributed by atoms with Gasteiger partial charge >= 0.3 is 5.97 Å². The van der Waals surface area contributed by atoms with Crippen LogP contribution in [0.25, 0.3) is 6.08 Å². The molecule has 132 valence electrons. The van der Waals surface area contributed by atoms with Crippen LogP contribution in [0.15, 0.2) is 79.4 Å². The zero-order valence-corrected chi connectivity index (χ0v) is 14.4. The number of carboxylic acid groups (broad SMARTS) is 1. The van der Waals surface area contributed by atoms with Gasteiger partial charge in [-0.15, -0.1) is 0 Å². The summed E-state index contributed by atoms with van der Waals surface area (Å²) in [6.07, 6.45) is 1.67. The Hall–Kier alpha value is -3.79. The van der Waals surface area contributed by atoms with E-state index in [-0.39, 0.29) is 11.6 Å². The highest BCUT2D eigenvalue weighted by atomic mass is 16.4. The molecule has 0 aromatic heterocycles. The van der Waals surface area contributed by atoms with Gasteiger partial charge in [0.25, 0.3) is 0 Å². The van der Waals surface area contributed by atoms with Crippen molar-refractivity contribution in [3.63, 3.8) is 0 Å². The Morgan fingerprint density at radius 2 is 1.07 bits per heavy atom. The van der Waals surface area contributed by atoms with E-state index in [4.69, 9.17) is 5.11 Å². The second-order valence-corrected chi connectivity index (χ2v) is 5.88. The summed E-state index contributed by atoms with van der Waals surface area (Å²) in [5, 5.41) is 8.52. The molecule has 4 nitrogen and oxygen atoms in total. The summed E-state index contributed by atoms with van der Waals surface area (Å²) < 4.78 is 0. The Bertz CT molecular complexity index is 940. The molecule has 3 aromatic carbocycles. The standard InChI is InChI=1S/C14H8O2.C9H8O2/c15-13-9-5-1-2-6-10(9)14(16)12-8-4-3-7-11(12)13;1-2-7-3-5-8(6-4-7)9(10)11/h1-8H;2-6H,1H2,(H,10,11). The van der Waals surface area contributed by atoms with E-state index >= 15 is 0 Å². The van der Waals surface area contributed by atoms with Gasteiger partial charge in [-0.05, 0) is 17.7 Å². The molecule has 0 saturated heterocycles. The summed E-state index contributed by atoms with van der Waals surface area (Å²) in [6, 6.07) is 20.4. The fourth-order valence-corrected chi connectivity index (χ4v) is 2.81. The van der Waals surface area contributed by atoms with Crippen molar-refractivity contribution in [2.75, 3.05) is 0 Å². The molecule has 0 bridgehead atoms. The van der Waals surface area contributed by atoms with Crippen LogP contribution in [0, 0.1) is 0 Å². The highest BCUT2D eigenvalue weighted by molar-refractivity contribution is 6.28. The van der Waals surface area contributed by atoms with Gasteiger partial charge in [-0.25, -0.2) is 4.79 Å². The molecule has 4 rings (SSSR count). The maximum absolute atomic E-state index is 12.1. The van der Waals surface area contributed by atoms with Crippen LogP contribution in [-0.4, -0.2) is 22.6 Å². The Labute approximate surface area is 156 Å². The number of benzene rings is 3. The molecule has 0 spiro atoms. The molecular formula is C23H16O4. The van der Waals surface area contributed by atoms with Crippen LogP contribution in [0.5, 0.6) is 0 Å². The van der Waals surface area contributed by atoms with Crippen LogP contribution in [0.2, 0.25) is 0 Å². The third-order valence-corrected chi connectivity index (χ3v) is 4.23. The van der Waals surface area contributed by atoms with Crippen molar-refractivity contribution in [2.45, 2.75) is 0 Å². The minimum absolute atomic E-state index is 0.0641. The number of ketones is 2. The number of aromatic carboxylic acids is 1. The lowest BCUT2D eigenvalue weighted by atomic mass is 9.84. The quantitative estimate of drug-likeness (QED) is 0.574. The average molecular weight is 356 g/mol. The maximum atomic E-state index is 12.1. The van der Waals surface area contributed by atoms with Gasteiger partial charge in [0.15, 0.2) is 11.6 Å². The molecule has 1 aliphatic rings. The summed E-state index contributed by atoms with van der Waals surface area (Å²) in [4.78, 5) is 34.6. The van der Waals surface area contributed by atoms with Crippen molar-refractivity contribution in [2.24, 2.45) is 0 Å². The summed E-state index contributed by atoms with van der Waals surface area (Å²) in [6.45, 7) is 3.56. The Morgan fingerprint density at radius 1 is 0.704 bits per heavy atom. The predicted molar refractivity (Wildman–Crippen MR) is 103 cm³/mol. The summed E-state index contributed by atoms with van der Waals surface area (Å²) >= 11 is 0. The molecule has 0 unspecified atom stereocenters. The lowest BCUT2D eigenvalue weighted by molar-refractivity contribution is 0.0696. The zero-order chi connectivity index (χ0) is 19.4. The van der Waals surface area contributed by atoms with Crippen LogP contribution in [0.3, 0.4) is 0 Å². The summed E-state index contributed by atoms with van der Waals surface area (Å²) in [5.41, 5.74) is 3.25. The third-order valence-electron chi connectivity index (χ3n) is 4.23. The van der Waals surface area contributed by atoms with Crippen molar-refractivity contribution >= 4 is 23.6 Å². The van der Waals surface area contributed by atoms with Crippen LogP contribution in [0.4, 0.5) is 0 Å². The maximum Gasteiger partial charge on any atom is 0.335 e. The predicted octanol–water partition coefficient (Wildman–Crippen LogP) is 4.49. The number of carboxylic acids is 1. The molecular weight excluding hydrogens is 340 g/mol. The Kier molecular flexibility index (Phi) is 5.08. The molecule has 4 heteroatoms. The first-order valence-electron chi connectivity index (χ1n) is 8.26. The molecule has 0 atom stereocenters. The van der Waals surface area contributed by atoms with E-state index < -0.39 is 5.97 Å². The number of carbonyl (C=O) groups is 3. The van der Waals surface area contributed by atoms with Gasteiger partial charge in [0.2, 0.25) is 0 Å². The van der Waals surface area contributed by atoms with Crippen molar-refractivity contribution in [3.05, 3.63) is 113 Å². The average Bonchev–Trinajstić information content (AvgIpc) is 2.72. The smallest absolute Gasteiger partial charge is 0.335 e. The van der Waals surface area contributed by atoms with Crippen LogP contribution >= 0.6 is 0 Å². The molecule has 0 saturated carbocycles. The van der Waals surface area contributed by atoms with Crippen molar-refractivity contribution in [1.29, 1.82) is 0 Å². The fraction of sp³-hybridized carbons (Fsp3) is 0. The van der Waals surface area contributed by atoms with Gasteiger partial charge in [0.05, 0.1) is 5.56 Å². The molecule has 0 heterocycles. The van der Waals surface area contributed by atoms with Crippen molar-refractivity contribution < 1.29 is 19.5 Å². The Balaban J connectivity index is 0.000000168. The number of hydrogen-bond donors (Lipinski definition) is 1. The van der Waals surface area contributed by atoms with Gasteiger partial charge < -0.3 is 5.11 Å². The normalized spacial score (nSPS) is 11.6. The van der Waals surface area contributed by atoms with E-state index in [0.717, 1.165) is 5.56 Å².